The lowest BCUT2D eigenvalue weighted by atomic mass is 9.93. The monoisotopic (exact) mass is 288 g/mol. The van der Waals surface area contributed by atoms with Gasteiger partial charge in [0.25, 0.3) is 0 Å². The zero-order valence-electron chi connectivity index (χ0n) is 12.3. The van der Waals surface area contributed by atoms with E-state index >= 15 is 0 Å². The van der Waals surface area contributed by atoms with Gasteiger partial charge < -0.3 is 5.11 Å². The lowest BCUT2D eigenvalue weighted by Gasteiger charge is -2.37. The number of rotatable bonds is 3. The van der Waals surface area contributed by atoms with Crippen molar-refractivity contribution in [3.05, 3.63) is 41.8 Å². The number of fused-ring (bicyclic) bond motifs is 1. The molecule has 2 heterocycles. The maximum absolute atomic E-state index is 13.8. The maximum atomic E-state index is 13.8. The summed E-state index contributed by atoms with van der Waals surface area (Å²) in [5.41, 5.74) is 1.80. The van der Waals surface area contributed by atoms with Crippen LogP contribution in [0.4, 0.5) is 4.39 Å². The van der Waals surface area contributed by atoms with Crippen molar-refractivity contribution in [2.24, 2.45) is 5.92 Å². The van der Waals surface area contributed by atoms with Gasteiger partial charge in [0, 0.05) is 37.3 Å². The number of aliphatic hydroxyl groups is 1. The molecule has 3 nitrogen and oxygen atoms in total. The number of likely N-dealkylation sites (tertiary alicyclic amines) is 1. The predicted octanol–water partition coefficient (Wildman–Crippen LogP) is 2.97. The van der Waals surface area contributed by atoms with E-state index in [1.165, 1.54) is 6.07 Å². The van der Waals surface area contributed by atoms with Crippen molar-refractivity contribution in [1.29, 1.82) is 0 Å². The van der Waals surface area contributed by atoms with Gasteiger partial charge in [-0.05, 0) is 49.4 Å². The van der Waals surface area contributed by atoms with E-state index < -0.39 is 0 Å². The van der Waals surface area contributed by atoms with Crippen LogP contribution >= 0.6 is 0 Å². The number of aliphatic hydroxyl groups excluding tert-OH is 1. The van der Waals surface area contributed by atoms with Gasteiger partial charge >= 0.3 is 0 Å². The molecule has 3 rings (SSSR count). The molecule has 0 aliphatic carbocycles. The van der Waals surface area contributed by atoms with E-state index in [0.717, 1.165) is 35.9 Å². The fraction of sp³-hybridized carbons (Fsp3) is 0.471. The molecule has 1 aromatic carbocycles. The summed E-state index contributed by atoms with van der Waals surface area (Å²) >= 11 is 0. The second kappa shape index (κ2) is 6.08. The smallest absolute Gasteiger partial charge is 0.124 e. The molecule has 1 aliphatic heterocycles. The normalized spacial score (nSPS) is 23.6. The molecular weight excluding hydrogens is 267 g/mol. The van der Waals surface area contributed by atoms with Gasteiger partial charge in [-0.1, -0.05) is 6.07 Å². The highest BCUT2D eigenvalue weighted by Gasteiger charge is 2.25. The van der Waals surface area contributed by atoms with Gasteiger partial charge in [-0.15, -0.1) is 0 Å². The molecule has 112 valence electrons. The number of benzene rings is 1. The zero-order chi connectivity index (χ0) is 14.8. The van der Waals surface area contributed by atoms with Crippen LogP contribution in [0.15, 0.2) is 30.5 Å². The maximum Gasteiger partial charge on any atom is 0.124 e. The minimum absolute atomic E-state index is 0.214. The topological polar surface area (TPSA) is 36.4 Å². The molecule has 1 fully saturated rings. The van der Waals surface area contributed by atoms with Crippen LogP contribution in [0.1, 0.15) is 25.3 Å². The van der Waals surface area contributed by atoms with Crippen LogP contribution < -0.4 is 0 Å². The van der Waals surface area contributed by atoms with Gasteiger partial charge in [-0.2, -0.15) is 0 Å². The summed E-state index contributed by atoms with van der Waals surface area (Å²) in [5.74, 6) is 0.114. The van der Waals surface area contributed by atoms with Crippen molar-refractivity contribution in [3.8, 4) is 0 Å². The molecule has 1 aliphatic rings. The van der Waals surface area contributed by atoms with Crippen molar-refractivity contribution in [1.82, 2.24) is 9.88 Å². The van der Waals surface area contributed by atoms with Crippen LogP contribution in [0.5, 0.6) is 0 Å². The lowest BCUT2D eigenvalue weighted by molar-refractivity contribution is 0.0774. The number of hydrogen-bond acceptors (Lipinski definition) is 3. The SMILES string of the molecule is CC1CCC(CO)CN1Cc1cc(F)cc2cccnc12. The van der Waals surface area contributed by atoms with E-state index in [9.17, 15) is 9.50 Å². The van der Waals surface area contributed by atoms with Crippen molar-refractivity contribution in [2.45, 2.75) is 32.4 Å². The average molecular weight is 288 g/mol. The summed E-state index contributed by atoms with van der Waals surface area (Å²) in [4.78, 5) is 6.74. The Balaban J connectivity index is 1.90. The lowest BCUT2D eigenvalue weighted by Crippen LogP contribution is -2.42. The molecule has 2 aromatic rings. The Kier molecular flexibility index (Phi) is 4.17. The molecule has 1 saturated heterocycles. The third-order valence-electron chi connectivity index (χ3n) is 4.49. The molecule has 0 amide bonds. The number of hydrogen-bond donors (Lipinski definition) is 1. The molecule has 0 saturated carbocycles. The van der Waals surface area contributed by atoms with E-state index in [4.69, 9.17) is 0 Å². The summed E-state index contributed by atoms with van der Waals surface area (Å²) in [5, 5.41) is 10.2. The molecule has 0 spiro atoms. The Morgan fingerprint density at radius 1 is 1.38 bits per heavy atom. The summed E-state index contributed by atoms with van der Waals surface area (Å²) in [7, 11) is 0. The highest BCUT2D eigenvalue weighted by Crippen LogP contribution is 2.26. The number of halogens is 1. The number of pyridine rings is 1. The number of piperidine rings is 1. The van der Waals surface area contributed by atoms with Gasteiger partial charge in [0.05, 0.1) is 5.52 Å². The molecule has 1 N–H and O–H groups in total. The van der Waals surface area contributed by atoms with Crippen molar-refractivity contribution in [3.63, 3.8) is 0 Å². The summed E-state index contributed by atoms with van der Waals surface area (Å²) in [6.45, 7) is 3.97. The Hall–Kier alpha value is -1.52. The van der Waals surface area contributed by atoms with Crippen LogP contribution in [-0.4, -0.2) is 34.2 Å². The van der Waals surface area contributed by atoms with E-state index in [1.807, 2.05) is 12.1 Å². The fourth-order valence-corrected chi connectivity index (χ4v) is 3.20. The van der Waals surface area contributed by atoms with E-state index in [1.54, 1.807) is 12.3 Å². The Bertz CT molecular complexity index is 631. The minimum Gasteiger partial charge on any atom is -0.396 e. The first-order valence-corrected chi connectivity index (χ1v) is 7.55. The van der Waals surface area contributed by atoms with Gasteiger partial charge in [0.1, 0.15) is 5.82 Å². The zero-order valence-corrected chi connectivity index (χ0v) is 12.3. The van der Waals surface area contributed by atoms with E-state index in [-0.39, 0.29) is 12.4 Å². The standard InChI is InChI=1S/C17H21FN2O/c1-12-4-5-13(11-21)9-20(12)10-15-8-16(18)7-14-3-2-6-19-17(14)15/h2-3,6-8,12-13,21H,4-5,9-11H2,1H3. The van der Waals surface area contributed by atoms with E-state index in [2.05, 4.69) is 16.8 Å². The number of aromatic nitrogens is 1. The van der Waals surface area contributed by atoms with E-state index in [0.29, 0.717) is 18.5 Å². The molecular formula is C17H21FN2O. The first-order chi connectivity index (χ1) is 10.2. The van der Waals surface area contributed by atoms with Crippen LogP contribution in [0.25, 0.3) is 10.9 Å². The predicted molar refractivity (Wildman–Crippen MR) is 81.4 cm³/mol. The third kappa shape index (κ3) is 3.06. The highest BCUT2D eigenvalue weighted by molar-refractivity contribution is 5.81. The summed E-state index contributed by atoms with van der Waals surface area (Å²) in [6.07, 6.45) is 3.89. The highest BCUT2D eigenvalue weighted by atomic mass is 19.1. The quantitative estimate of drug-likeness (QED) is 0.943. The second-order valence-electron chi connectivity index (χ2n) is 6.04. The third-order valence-corrected chi connectivity index (χ3v) is 4.49. The average Bonchev–Trinajstić information content (AvgIpc) is 2.49. The Labute approximate surface area is 124 Å². The molecule has 0 bridgehead atoms. The van der Waals surface area contributed by atoms with Gasteiger partial charge in [0.15, 0.2) is 0 Å². The first-order valence-electron chi connectivity index (χ1n) is 7.55. The van der Waals surface area contributed by atoms with Crippen molar-refractivity contribution < 1.29 is 9.50 Å². The molecule has 0 radical (unpaired) electrons. The van der Waals surface area contributed by atoms with Crippen LogP contribution in [0.3, 0.4) is 0 Å². The largest absolute Gasteiger partial charge is 0.396 e. The van der Waals surface area contributed by atoms with Crippen LogP contribution in [0.2, 0.25) is 0 Å². The molecule has 2 unspecified atom stereocenters. The molecule has 21 heavy (non-hydrogen) atoms. The molecule has 4 heteroatoms. The van der Waals surface area contributed by atoms with Gasteiger partial charge in [-0.3, -0.25) is 9.88 Å². The van der Waals surface area contributed by atoms with Crippen molar-refractivity contribution >= 4 is 10.9 Å². The van der Waals surface area contributed by atoms with Crippen molar-refractivity contribution in [2.75, 3.05) is 13.2 Å². The summed E-state index contributed by atoms with van der Waals surface area (Å²) in [6, 6.07) is 7.30. The Morgan fingerprint density at radius 2 is 2.24 bits per heavy atom. The number of nitrogens with zero attached hydrogens (tertiary/aromatic N) is 2. The molecule has 1 aromatic heterocycles. The van der Waals surface area contributed by atoms with Crippen LogP contribution in [0, 0.1) is 11.7 Å². The second-order valence-corrected chi connectivity index (χ2v) is 6.04. The van der Waals surface area contributed by atoms with Gasteiger partial charge in [0.2, 0.25) is 0 Å². The summed E-state index contributed by atoms with van der Waals surface area (Å²) < 4.78 is 13.8. The Morgan fingerprint density at radius 3 is 3.05 bits per heavy atom. The molecule has 2 atom stereocenters. The first kappa shape index (κ1) is 14.4. The fourth-order valence-electron chi connectivity index (χ4n) is 3.20. The van der Waals surface area contributed by atoms with Crippen LogP contribution in [-0.2, 0) is 6.54 Å². The van der Waals surface area contributed by atoms with Gasteiger partial charge in [-0.25, -0.2) is 4.39 Å². The minimum atomic E-state index is -0.214.